The fourth-order valence-corrected chi connectivity index (χ4v) is 3.70. The molecule has 0 aliphatic heterocycles. The Morgan fingerprint density at radius 1 is 1.12 bits per heavy atom. The van der Waals surface area contributed by atoms with Gasteiger partial charge in [0.15, 0.2) is 0 Å². The largest absolute Gasteiger partial charge is 0.478 e. The molecule has 0 aromatic heterocycles. The molecule has 0 unspecified atom stereocenters. The maximum atomic E-state index is 12.5. The van der Waals surface area contributed by atoms with Gasteiger partial charge in [-0.05, 0) is 55.0 Å². The van der Waals surface area contributed by atoms with Crippen molar-refractivity contribution >= 4 is 11.8 Å². The van der Waals surface area contributed by atoms with Crippen molar-refractivity contribution < 1.29 is 14.4 Å². The highest BCUT2D eigenvalue weighted by atomic mass is 16.7. The molecular formula is C22H21NO3+. The van der Waals surface area contributed by atoms with Crippen LogP contribution in [0.4, 0.5) is 0 Å². The first-order valence-electron chi connectivity index (χ1n) is 8.98. The maximum Gasteiger partial charge on any atom is 0.478 e. The lowest BCUT2D eigenvalue weighted by molar-refractivity contribution is 0.0169. The molecule has 4 heteroatoms. The smallest absolute Gasteiger partial charge is 0.366 e. The third kappa shape index (κ3) is 3.20. The first kappa shape index (κ1) is 16.7. The first-order chi connectivity index (χ1) is 12.6. The number of carbonyl (C=O) groups is 2. The van der Waals surface area contributed by atoms with E-state index in [2.05, 4.69) is 17.6 Å². The Morgan fingerprint density at radius 3 is 2.46 bits per heavy atom. The van der Waals surface area contributed by atoms with Gasteiger partial charge in [0, 0.05) is 0 Å². The zero-order chi connectivity index (χ0) is 18.1. The van der Waals surface area contributed by atoms with Crippen LogP contribution in [-0.2, 0) is 4.84 Å². The number of nitrogens with one attached hydrogen (secondary N) is 1. The van der Waals surface area contributed by atoms with Crippen LogP contribution in [-0.4, -0.2) is 11.8 Å². The molecular weight excluding hydrogens is 326 g/mol. The van der Waals surface area contributed by atoms with Crippen molar-refractivity contribution in [3.63, 3.8) is 0 Å². The molecule has 1 N–H and O–H groups in total. The lowest BCUT2D eigenvalue weighted by Gasteiger charge is -2.13. The molecule has 2 aliphatic rings. The van der Waals surface area contributed by atoms with Gasteiger partial charge in [-0.25, -0.2) is 4.79 Å². The molecule has 4 nitrogen and oxygen atoms in total. The number of fused-ring (bicyclic) bond motifs is 1. The van der Waals surface area contributed by atoms with Crippen LogP contribution in [0.15, 0.2) is 66.7 Å². The Kier molecular flexibility index (Phi) is 4.43. The molecule has 1 saturated carbocycles. The topological polar surface area (TPSA) is 58.2 Å². The van der Waals surface area contributed by atoms with Gasteiger partial charge in [0.1, 0.15) is 0 Å². The summed E-state index contributed by atoms with van der Waals surface area (Å²) in [5, 5.41) is 0. The summed E-state index contributed by atoms with van der Waals surface area (Å²) in [6.07, 6.45) is 5.32. The molecule has 4 rings (SSSR count). The van der Waals surface area contributed by atoms with Gasteiger partial charge >= 0.3 is 11.8 Å². The Balaban J connectivity index is 1.34. The molecule has 0 bridgehead atoms. The highest BCUT2D eigenvalue weighted by Crippen LogP contribution is 2.54. The number of rotatable bonds is 6. The second-order valence-electron chi connectivity index (χ2n) is 7.01. The average Bonchev–Trinajstić information content (AvgIpc) is 3.17. The molecule has 0 amide bonds. The van der Waals surface area contributed by atoms with Crippen LogP contribution in [0.1, 0.15) is 45.7 Å². The van der Waals surface area contributed by atoms with Gasteiger partial charge in [0.25, 0.3) is 0 Å². The summed E-state index contributed by atoms with van der Waals surface area (Å²) in [4.78, 5) is 29.9. The van der Waals surface area contributed by atoms with Gasteiger partial charge in [-0.3, -0.25) is 0 Å². The second kappa shape index (κ2) is 6.89. The number of Topliss-reactive ketones (excluding diaryl/α,β-unsaturated/α-hetero) is 1. The number of benzene rings is 2. The normalized spacial score (nSPS) is 24.0. The summed E-state index contributed by atoms with van der Waals surface area (Å²) in [5.41, 5.74) is 4.89. The van der Waals surface area contributed by atoms with Gasteiger partial charge < -0.3 is 4.84 Å². The summed E-state index contributed by atoms with van der Waals surface area (Å²) in [7, 11) is 0. The molecule has 2 aliphatic carbocycles. The highest BCUT2D eigenvalue weighted by Gasteiger charge is 2.60. The minimum Gasteiger partial charge on any atom is -0.366 e. The lowest BCUT2D eigenvalue weighted by atomic mass is 10.0. The monoisotopic (exact) mass is 347 g/mol. The number of ketones is 1. The molecule has 2 aromatic rings. The van der Waals surface area contributed by atoms with Gasteiger partial charge in [-0.2, -0.15) is 0 Å². The summed E-state index contributed by atoms with van der Waals surface area (Å²) >= 11 is 0. The predicted molar refractivity (Wildman–Crippen MR) is 98.4 cm³/mol. The van der Waals surface area contributed by atoms with E-state index in [1.165, 1.54) is 0 Å². The quantitative estimate of drug-likeness (QED) is 0.370. The standard InChI is InChI=1S/C22H21NO3/c1-14(15-6-3-2-4-7-15)23-26-22(25)17-12-10-16(11-13-17)21(24)20-18-8-5-9-19(18)20/h2-8,10-14,18-20,23H,9H2,1H3/q+1/t14-,18+,19-,20+/m0/s1. The van der Waals surface area contributed by atoms with Gasteiger partial charge in [0.05, 0.1) is 23.1 Å². The molecule has 1 fully saturated rings. The minimum absolute atomic E-state index is 0.108. The average molecular weight is 347 g/mol. The molecule has 26 heavy (non-hydrogen) atoms. The van der Waals surface area contributed by atoms with Crippen LogP contribution in [0.5, 0.6) is 0 Å². The Morgan fingerprint density at radius 2 is 1.81 bits per heavy atom. The van der Waals surface area contributed by atoms with E-state index in [1.807, 2.05) is 37.3 Å². The Hall–Kier alpha value is -2.72. The van der Waals surface area contributed by atoms with Crippen molar-refractivity contribution in [2.24, 2.45) is 17.8 Å². The van der Waals surface area contributed by atoms with Gasteiger partial charge in [0.2, 0.25) is 4.79 Å². The summed E-state index contributed by atoms with van der Waals surface area (Å²) in [6, 6.07) is 16.4. The SMILES string of the molecule is C[C@H](NOC(=O)c1ccc(C(=[O+])[C@@H]2[C@@H]3C=CC[C@@H]32)cc1)c1ccccc1. The van der Waals surface area contributed by atoms with Crippen molar-refractivity contribution in [2.45, 2.75) is 19.4 Å². The van der Waals surface area contributed by atoms with Crippen molar-refractivity contribution in [2.75, 3.05) is 0 Å². The first-order valence-corrected chi connectivity index (χ1v) is 8.98. The van der Waals surface area contributed by atoms with E-state index in [9.17, 15) is 9.59 Å². The molecule has 0 spiro atoms. The molecule has 0 saturated heterocycles. The van der Waals surface area contributed by atoms with Crippen molar-refractivity contribution in [3.8, 4) is 0 Å². The van der Waals surface area contributed by atoms with E-state index in [4.69, 9.17) is 4.84 Å². The maximum absolute atomic E-state index is 12.5. The molecule has 131 valence electrons. The van der Waals surface area contributed by atoms with E-state index in [1.54, 1.807) is 24.3 Å². The number of allylic oxidation sites excluding steroid dienone is 2. The van der Waals surface area contributed by atoms with Crippen LogP contribution >= 0.6 is 0 Å². The zero-order valence-electron chi connectivity index (χ0n) is 14.6. The van der Waals surface area contributed by atoms with E-state index in [0.717, 1.165) is 12.0 Å². The van der Waals surface area contributed by atoms with Gasteiger partial charge in [-0.1, -0.05) is 42.5 Å². The summed E-state index contributed by atoms with van der Waals surface area (Å²) in [5.74, 6) is 0.774. The summed E-state index contributed by atoms with van der Waals surface area (Å²) < 4.78 is 0. The third-order valence-corrected chi connectivity index (χ3v) is 5.33. The van der Waals surface area contributed by atoms with E-state index in [0.29, 0.717) is 23.0 Å². The van der Waals surface area contributed by atoms with Crippen LogP contribution in [0, 0.1) is 17.8 Å². The molecule has 4 atom stereocenters. The van der Waals surface area contributed by atoms with Gasteiger partial charge in [-0.15, -0.1) is 5.48 Å². The minimum atomic E-state index is -0.460. The molecule has 0 heterocycles. The second-order valence-corrected chi connectivity index (χ2v) is 7.01. The highest BCUT2D eigenvalue weighted by molar-refractivity contribution is 6.01. The van der Waals surface area contributed by atoms with Crippen molar-refractivity contribution in [1.29, 1.82) is 0 Å². The van der Waals surface area contributed by atoms with E-state index in [-0.39, 0.29) is 17.7 Å². The Labute approximate surface area is 152 Å². The van der Waals surface area contributed by atoms with Crippen LogP contribution in [0.25, 0.3) is 0 Å². The number of hydrogen-bond acceptors (Lipinski definition) is 4. The van der Waals surface area contributed by atoms with Crippen molar-refractivity contribution in [1.82, 2.24) is 5.48 Å². The van der Waals surface area contributed by atoms with Crippen LogP contribution < -0.4 is 5.48 Å². The van der Waals surface area contributed by atoms with Crippen LogP contribution in [0.2, 0.25) is 0 Å². The predicted octanol–water partition coefficient (Wildman–Crippen LogP) is 4.11. The number of hydroxylamine groups is 1. The van der Waals surface area contributed by atoms with E-state index >= 15 is 0 Å². The third-order valence-electron chi connectivity index (χ3n) is 5.33. The Bertz CT molecular complexity index is 841. The fourth-order valence-electron chi connectivity index (χ4n) is 3.70. The number of carbonyl (C=O) groups excluding carboxylic acids is 2. The summed E-state index contributed by atoms with van der Waals surface area (Å²) in [6.45, 7) is 1.92. The van der Waals surface area contributed by atoms with Crippen molar-refractivity contribution in [3.05, 3.63) is 83.4 Å². The fraction of sp³-hybridized carbons (Fsp3) is 0.273. The zero-order valence-corrected chi connectivity index (χ0v) is 14.6. The van der Waals surface area contributed by atoms with E-state index < -0.39 is 5.97 Å². The van der Waals surface area contributed by atoms with Crippen LogP contribution in [0.3, 0.4) is 0 Å². The molecule has 1 radical (unpaired) electrons. The molecule has 2 aromatic carbocycles. The number of hydrogen-bond donors (Lipinski definition) is 1. The lowest BCUT2D eigenvalue weighted by Crippen LogP contribution is -2.23.